The molecule has 0 spiro atoms. The molecule has 200 valence electrons. The second-order valence-corrected chi connectivity index (χ2v) is 10.8. The Hall–Kier alpha value is -4.28. The van der Waals surface area contributed by atoms with Gasteiger partial charge in [-0.15, -0.1) is 0 Å². The topological polar surface area (TPSA) is 68.2 Å². The molecule has 0 saturated heterocycles. The molecule has 6 nitrogen and oxygen atoms in total. The van der Waals surface area contributed by atoms with E-state index >= 15 is 0 Å². The summed E-state index contributed by atoms with van der Waals surface area (Å²) in [6.45, 7) is 6.49. The van der Waals surface area contributed by atoms with E-state index in [2.05, 4.69) is 59.0 Å². The van der Waals surface area contributed by atoms with Gasteiger partial charge in [0.15, 0.2) is 0 Å². The molecule has 4 heterocycles. The zero-order valence-corrected chi connectivity index (χ0v) is 24.6. The third-order valence-corrected chi connectivity index (χ3v) is 7.27. The molecule has 40 heavy (non-hydrogen) atoms. The summed E-state index contributed by atoms with van der Waals surface area (Å²) in [5.74, 6) is 1.83. The SMILES string of the molecule is CC(C)(C)c1ccc(O)c(-c2cccc(-c3cccc4c3nc3n(-c5ccccn5)c5ccccc5n43)n2)c1.[Pt]. The normalized spacial score (nSPS) is 11.8. The number of imidazole rings is 2. The van der Waals surface area contributed by atoms with Crippen LogP contribution in [0.3, 0.4) is 0 Å². The number of nitrogens with zero attached hydrogens (tertiary/aromatic N) is 5. The number of benzene rings is 3. The molecule has 7 heteroatoms. The first-order chi connectivity index (χ1) is 18.9. The number of fused-ring (bicyclic) bond motifs is 5. The summed E-state index contributed by atoms with van der Waals surface area (Å²) < 4.78 is 4.28. The first kappa shape index (κ1) is 26.0. The van der Waals surface area contributed by atoms with E-state index in [9.17, 15) is 5.11 Å². The van der Waals surface area contributed by atoms with Crippen molar-refractivity contribution in [1.82, 2.24) is 23.9 Å². The first-order valence-corrected chi connectivity index (χ1v) is 13.0. The third kappa shape index (κ3) is 4.11. The Balaban J connectivity index is 0.00000289. The maximum atomic E-state index is 10.7. The summed E-state index contributed by atoms with van der Waals surface area (Å²) >= 11 is 0. The number of para-hydroxylation sites is 3. The Labute approximate surface area is 246 Å². The fourth-order valence-electron chi connectivity index (χ4n) is 5.29. The molecule has 4 aromatic heterocycles. The molecule has 0 bridgehead atoms. The molecule has 1 N–H and O–H groups in total. The molecule has 0 unspecified atom stereocenters. The van der Waals surface area contributed by atoms with Crippen LogP contribution < -0.4 is 0 Å². The van der Waals surface area contributed by atoms with Gasteiger partial charge in [-0.2, -0.15) is 0 Å². The number of aromatic hydroxyl groups is 1. The minimum absolute atomic E-state index is 0. The number of rotatable bonds is 3. The number of hydrogen-bond acceptors (Lipinski definition) is 4. The van der Waals surface area contributed by atoms with Crippen LogP contribution in [0.1, 0.15) is 26.3 Å². The number of pyridine rings is 2. The van der Waals surface area contributed by atoms with E-state index in [4.69, 9.17) is 9.97 Å². The molecule has 0 fully saturated rings. The summed E-state index contributed by atoms with van der Waals surface area (Å²) in [4.78, 5) is 14.8. The van der Waals surface area contributed by atoms with E-state index in [1.54, 1.807) is 12.3 Å². The second-order valence-electron chi connectivity index (χ2n) is 10.8. The van der Waals surface area contributed by atoms with Crippen LogP contribution in [-0.4, -0.2) is 29.0 Å². The van der Waals surface area contributed by atoms with Gasteiger partial charge in [-0.1, -0.05) is 63.2 Å². The number of phenolic OH excluding ortho intramolecular Hbond substituents is 1. The number of phenols is 1. The zero-order chi connectivity index (χ0) is 26.7. The Morgan fingerprint density at radius 2 is 1.38 bits per heavy atom. The van der Waals surface area contributed by atoms with Crippen molar-refractivity contribution in [2.75, 3.05) is 0 Å². The largest absolute Gasteiger partial charge is 0.507 e. The maximum Gasteiger partial charge on any atom is 0.221 e. The van der Waals surface area contributed by atoms with Crippen LogP contribution in [0.2, 0.25) is 0 Å². The molecule has 0 aliphatic rings. The van der Waals surface area contributed by atoms with Crippen molar-refractivity contribution in [3.8, 4) is 34.1 Å². The van der Waals surface area contributed by atoms with E-state index in [-0.39, 0.29) is 32.2 Å². The minimum atomic E-state index is -0.0432. The third-order valence-electron chi connectivity index (χ3n) is 7.27. The van der Waals surface area contributed by atoms with Crippen molar-refractivity contribution in [2.24, 2.45) is 0 Å². The Bertz CT molecular complexity index is 2020. The van der Waals surface area contributed by atoms with Crippen molar-refractivity contribution < 1.29 is 26.2 Å². The van der Waals surface area contributed by atoms with Crippen molar-refractivity contribution in [3.05, 3.63) is 109 Å². The van der Waals surface area contributed by atoms with Crippen LogP contribution in [0.15, 0.2) is 103 Å². The van der Waals surface area contributed by atoms with Crippen LogP contribution in [0, 0.1) is 0 Å². The average Bonchev–Trinajstić information content (AvgIpc) is 3.48. The molecule has 0 radical (unpaired) electrons. The van der Waals surface area contributed by atoms with Gasteiger partial charge in [-0.25, -0.2) is 15.0 Å². The monoisotopic (exact) mass is 704 g/mol. The van der Waals surface area contributed by atoms with Gasteiger partial charge in [0.05, 0.1) is 27.9 Å². The number of aromatic nitrogens is 5. The van der Waals surface area contributed by atoms with Gasteiger partial charge in [0, 0.05) is 38.4 Å². The van der Waals surface area contributed by atoms with Crippen molar-refractivity contribution in [2.45, 2.75) is 26.2 Å². The predicted molar refractivity (Wildman–Crippen MR) is 156 cm³/mol. The minimum Gasteiger partial charge on any atom is -0.507 e. The van der Waals surface area contributed by atoms with E-state index < -0.39 is 0 Å². The van der Waals surface area contributed by atoms with Crippen molar-refractivity contribution in [1.29, 1.82) is 0 Å². The van der Waals surface area contributed by atoms with E-state index in [0.717, 1.165) is 61.7 Å². The first-order valence-electron chi connectivity index (χ1n) is 13.0. The van der Waals surface area contributed by atoms with Gasteiger partial charge in [-0.3, -0.25) is 8.97 Å². The summed E-state index contributed by atoms with van der Waals surface area (Å²) in [5.41, 5.74) is 8.23. The Morgan fingerprint density at radius 1 is 0.675 bits per heavy atom. The molecular formula is C33H27N5OPt. The second kappa shape index (κ2) is 9.72. The molecular weight excluding hydrogens is 677 g/mol. The summed E-state index contributed by atoms with van der Waals surface area (Å²) in [6, 6.07) is 32.1. The Kier molecular flexibility index (Phi) is 6.31. The van der Waals surface area contributed by atoms with Crippen LogP contribution >= 0.6 is 0 Å². The smallest absolute Gasteiger partial charge is 0.221 e. The van der Waals surface area contributed by atoms with Gasteiger partial charge in [0.2, 0.25) is 5.78 Å². The van der Waals surface area contributed by atoms with E-state index in [0.29, 0.717) is 0 Å². The van der Waals surface area contributed by atoms with Crippen LogP contribution in [0.4, 0.5) is 0 Å². The van der Waals surface area contributed by atoms with E-state index in [1.165, 1.54) is 0 Å². The van der Waals surface area contributed by atoms with Gasteiger partial charge in [-0.05, 0) is 65.6 Å². The van der Waals surface area contributed by atoms with Crippen LogP contribution in [0.5, 0.6) is 5.75 Å². The number of hydrogen-bond donors (Lipinski definition) is 1. The molecule has 7 rings (SSSR count). The van der Waals surface area contributed by atoms with E-state index in [1.807, 2.05) is 66.7 Å². The van der Waals surface area contributed by atoms with Crippen molar-refractivity contribution >= 4 is 27.8 Å². The quantitative estimate of drug-likeness (QED) is 0.206. The molecule has 0 amide bonds. The van der Waals surface area contributed by atoms with Crippen LogP contribution in [0.25, 0.3) is 56.2 Å². The fourth-order valence-corrected chi connectivity index (χ4v) is 5.29. The predicted octanol–water partition coefficient (Wildman–Crippen LogP) is 7.56. The van der Waals surface area contributed by atoms with Crippen molar-refractivity contribution in [3.63, 3.8) is 0 Å². The molecule has 0 aliphatic heterocycles. The molecule has 0 atom stereocenters. The van der Waals surface area contributed by atoms with Gasteiger partial charge >= 0.3 is 0 Å². The average molecular weight is 705 g/mol. The maximum absolute atomic E-state index is 10.7. The zero-order valence-electron chi connectivity index (χ0n) is 22.3. The summed E-state index contributed by atoms with van der Waals surface area (Å²) in [7, 11) is 0. The van der Waals surface area contributed by atoms with Gasteiger partial charge in [0.1, 0.15) is 17.1 Å². The molecule has 0 aliphatic carbocycles. The van der Waals surface area contributed by atoms with Gasteiger partial charge < -0.3 is 5.11 Å². The molecule has 0 saturated carbocycles. The van der Waals surface area contributed by atoms with Crippen LogP contribution in [-0.2, 0) is 26.5 Å². The standard InChI is InChI=1S/C33H27N5O.Pt/c1-33(2,3)21-17-18-29(39)23(20-21)25-12-9-11-24(35-25)22-10-8-15-28-31(22)36-32-37(28)26-13-4-5-14-27(26)38(32)30-16-6-7-19-34-30;/h4-20,39H,1-3H3;. The van der Waals surface area contributed by atoms with Gasteiger partial charge in [0.25, 0.3) is 0 Å². The Morgan fingerprint density at radius 3 is 2.12 bits per heavy atom. The summed E-state index contributed by atoms with van der Waals surface area (Å²) in [6.07, 6.45) is 1.80. The molecule has 7 aromatic rings. The fraction of sp³-hybridized carbons (Fsp3) is 0.121. The summed E-state index contributed by atoms with van der Waals surface area (Å²) in [5, 5.41) is 10.7. The molecule has 3 aromatic carbocycles.